The number of benzene rings is 1. The molecular formula is C10H5Br3N2. The largest absolute Gasteiger partial charge is 0.222 e. The average molecular weight is 393 g/mol. The number of aromatic nitrogens is 2. The van der Waals surface area contributed by atoms with E-state index in [4.69, 9.17) is 0 Å². The fourth-order valence-corrected chi connectivity index (χ4v) is 2.69. The molecule has 0 saturated carbocycles. The van der Waals surface area contributed by atoms with Crippen LogP contribution >= 0.6 is 47.8 Å². The minimum absolute atomic E-state index is 0.572. The highest BCUT2D eigenvalue weighted by atomic mass is 79.9. The lowest BCUT2D eigenvalue weighted by Crippen LogP contribution is -1.89. The van der Waals surface area contributed by atoms with Gasteiger partial charge in [-0.3, -0.25) is 0 Å². The van der Waals surface area contributed by atoms with E-state index in [0.717, 1.165) is 20.3 Å². The maximum absolute atomic E-state index is 4.31. The van der Waals surface area contributed by atoms with Crippen molar-refractivity contribution in [3.05, 3.63) is 44.1 Å². The van der Waals surface area contributed by atoms with Gasteiger partial charge in [-0.1, -0.05) is 34.1 Å². The van der Waals surface area contributed by atoms with Gasteiger partial charge in [-0.05, 0) is 44.0 Å². The highest BCUT2D eigenvalue weighted by molar-refractivity contribution is 9.11. The molecule has 0 amide bonds. The van der Waals surface area contributed by atoms with Gasteiger partial charge in [0, 0.05) is 10.0 Å². The summed E-state index contributed by atoms with van der Waals surface area (Å²) in [5, 5.41) is 0. The van der Waals surface area contributed by atoms with Crippen molar-refractivity contribution < 1.29 is 0 Å². The Balaban J connectivity index is 2.59. The Morgan fingerprint density at radius 3 is 2.33 bits per heavy atom. The maximum atomic E-state index is 4.31. The smallest absolute Gasteiger partial charge is 0.198 e. The van der Waals surface area contributed by atoms with Crippen molar-refractivity contribution in [3.8, 4) is 11.3 Å². The molecule has 0 atom stereocenters. The lowest BCUT2D eigenvalue weighted by atomic mass is 10.1. The van der Waals surface area contributed by atoms with E-state index in [0.29, 0.717) is 4.73 Å². The number of nitrogens with zero attached hydrogens (tertiary/aromatic N) is 2. The first kappa shape index (κ1) is 11.2. The van der Waals surface area contributed by atoms with Gasteiger partial charge >= 0.3 is 0 Å². The molecule has 2 nitrogen and oxygen atoms in total. The molecule has 0 aliphatic heterocycles. The van der Waals surface area contributed by atoms with Crippen molar-refractivity contribution in [1.82, 2.24) is 9.97 Å². The lowest BCUT2D eigenvalue weighted by molar-refractivity contribution is 1.09. The van der Waals surface area contributed by atoms with Gasteiger partial charge in [0.25, 0.3) is 0 Å². The summed E-state index contributed by atoms with van der Waals surface area (Å²) in [6.07, 6.45) is 0. The zero-order valence-corrected chi connectivity index (χ0v) is 12.2. The van der Waals surface area contributed by atoms with E-state index in [-0.39, 0.29) is 0 Å². The third-order valence-electron chi connectivity index (χ3n) is 1.82. The van der Waals surface area contributed by atoms with Gasteiger partial charge < -0.3 is 0 Å². The van der Waals surface area contributed by atoms with Crippen LogP contribution in [0.1, 0.15) is 0 Å². The number of rotatable bonds is 1. The molecular weight excluding hydrogens is 388 g/mol. The van der Waals surface area contributed by atoms with Crippen molar-refractivity contribution in [3.63, 3.8) is 0 Å². The first-order valence-corrected chi connectivity index (χ1v) is 6.50. The van der Waals surface area contributed by atoms with Crippen molar-refractivity contribution in [1.29, 1.82) is 0 Å². The van der Waals surface area contributed by atoms with Crippen LogP contribution in [-0.2, 0) is 0 Å². The van der Waals surface area contributed by atoms with Crippen molar-refractivity contribution in [2.24, 2.45) is 0 Å². The van der Waals surface area contributed by atoms with Crippen LogP contribution in [0.15, 0.2) is 44.1 Å². The van der Waals surface area contributed by atoms with Crippen LogP contribution in [0.25, 0.3) is 11.3 Å². The summed E-state index contributed by atoms with van der Waals surface area (Å²) in [5.41, 5.74) is 1.91. The van der Waals surface area contributed by atoms with Crippen molar-refractivity contribution in [2.45, 2.75) is 0 Å². The quantitative estimate of drug-likeness (QED) is 0.530. The molecule has 0 fully saturated rings. The molecule has 0 radical (unpaired) electrons. The first-order chi connectivity index (χ1) is 7.16. The fourth-order valence-electron chi connectivity index (χ4n) is 1.20. The molecule has 0 unspecified atom stereocenters. The summed E-state index contributed by atoms with van der Waals surface area (Å²) in [7, 11) is 0. The predicted molar refractivity (Wildman–Crippen MR) is 70.6 cm³/mol. The Kier molecular flexibility index (Phi) is 3.53. The van der Waals surface area contributed by atoms with Gasteiger partial charge in [-0.15, -0.1) is 0 Å². The van der Waals surface area contributed by atoms with E-state index in [1.54, 1.807) is 0 Å². The van der Waals surface area contributed by atoms with Crippen LogP contribution in [-0.4, -0.2) is 9.97 Å². The zero-order chi connectivity index (χ0) is 10.8. The molecule has 0 spiro atoms. The van der Waals surface area contributed by atoms with Gasteiger partial charge in [0.15, 0.2) is 4.73 Å². The van der Waals surface area contributed by atoms with E-state index in [1.807, 2.05) is 30.3 Å². The molecule has 0 saturated heterocycles. The molecule has 1 aromatic heterocycles. The number of halogens is 3. The summed E-state index contributed by atoms with van der Waals surface area (Å²) < 4.78 is 2.35. The highest BCUT2D eigenvalue weighted by Gasteiger charge is 2.06. The summed E-state index contributed by atoms with van der Waals surface area (Å²) >= 11 is 10.1. The highest BCUT2D eigenvalue weighted by Crippen LogP contribution is 2.28. The van der Waals surface area contributed by atoms with Gasteiger partial charge in [-0.2, -0.15) is 0 Å². The summed E-state index contributed by atoms with van der Waals surface area (Å²) in [6, 6.07) is 9.82. The second kappa shape index (κ2) is 4.72. The van der Waals surface area contributed by atoms with Crippen molar-refractivity contribution in [2.75, 3.05) is 0 Å². The molecule has 1 aromatic carbocycles. The van der Waals surface area contributed by atoms with Crippen LogP contribution in [0.5, 0.6) is 0 Å². The lowest BCUT2D eigenvalue weighted by Gasteiger charge is -2.04. The van der Waals surface area contributed by atoms with Gasteiger partial charge in [-0.25, -0.2) is 9.97 Å². The van der Waals surface area contributed by atoms with Crippen LogP contribution in [0, 0.1) is 0 Å². The Labute approximate surface area is 113 Å². The minimum Gasteiger partial charge on any atom is -0.222 e. The maximum Gasteiger partial charge on any atom is 0.198 e. The van der Waals surface area contributed by atoms with Gasteiger partial charge in [0.2, 0.25) is 0 Å². The predicted octanol–water partition coefficient (Wildman–Crippen LogP) is 4.43. The Morgan fingerprint density at radius 1 is 0.933 bits per heavy atom. The normalized spacial score (nSPS) is 10.3. The zero-order valence-electron chi connectivity index (χ0n) is 7.42. The number of hydrogen-bond donors (Lipinski definition) is 0. The molecule has 2 aromatic rings. The second-order valence-corrected chi connectivity index (χ2v) is 5.20. The van der Waals surface area contributed by atoms with Gasteiger partial charge in [0.1, 0.15) is 4.60 Å². The molecule has 0 bridgehead atoms. The Morgan fingerprint density at radius 2 is 1.67 bits per heavy atom. The van der Waals surface area contributed by atoms with E-state index in [1.165, 1.54) is 0 Å². The van der Waals surface area contributed by atoms with E-state index >= 15 is 0 Å². The SMILES string of the molecule is Brc1cc(-c2ccccc2Br)nc(Br)n1. The molecule has 1 heterocycles. The van der Waals surface area contributed by atoms with Gasteiger partial charge in [0.05, 0.1) is 5.69 Å². The van der Waals surface area contributed by atoms with Crippen LogP contribution < -0.4 is 0 Å². The molecule has 2 rings (SSSR count). The molecule has 76 valence electrons. The van der Waals surface area contributed by atoms with E-state index in [2.05, 4.69) is 57.8 Å². The van der Waals surface area contributed by atoms with Crippen molar-refractivity contribution >= 4 is 47.8 Å². The third-order valence-corrected chi connectivity index (χ3v) is 3.27. The van der Waals surface area contributed by atoms with Crippen LogP contribution in [0.4, 0.5) is 0 Å². The molecule has 5 heteroatoms. The fraction of sp³-hybridized carbons (Fsp3) is 0. The van der Waals surface area contributed by atoms with Crippen LogP contribution in [0.2, 0.25) is 0 Å². The van der Waals surface area contributed by atoms with Crippen LogP contribution in [0.3, 0.4) is 0 Å². The standard InChI is InChI=1S/C10H5Br3N2/c11-7-4-2-1-3-6(7)8-5-9(12)15-10(13)14-8/h1-5H. The first-order valence-electron chi connectivity index (χ1n) is 4.12. The summed E-state index contributed by atoms with van der Waals surface area (Å²) in [6.45, 7) is 0. The Hall–Kier alpha value is -0.260. The molecule has 0 aliphatic carbocycles. The minimum atomic E-state index is 0.572. The molecule has 0 N–H and O–H groups in total. The topological polar surface area (TPSA) is 25.8 Å². The Bertz CT molecular complexity index is 480. The summed E-state index contributed by atoms with van der Waals surface area (Å²) in [5.74, 6) is 0. The monoisotopic (exact) mass is 390 g/mol. The van der Waals surface area contributed by atoms with E-state index < -0.39 is 0 Å². The number of hydrogen-bond acceptors (Lipinski definition) is 2. The molecule has 0 aliphatic rings. The third kappa shape index (κ3) is 2.65. The summed E-state index contributed by atoms with van der Waals surface area (Å²) in [4.78, 5) is 8.41. The second-order valence-electron chi connectivity index (χ2n) is 2.82. The van der Waals surface area contributed by atoms with E-state index in [9.17, 15) is 0 Å². The average Bonchev–Trinajstić information content (AvgIpc) is 2.16. The molecule has 15 heavy (non-hydrogen) atoms.